The standard InChI is InChI=1S/C39H34N4O2.Pt/c1-23-14-15-33-30(19-23)29-11-10-16-40-35(29)43(33)27-17-24(2)18-28(22-27)44-34-21-26(20-25(3)41-34)36-42-38(6)32-13-9-8-12-31(32)37(4,5)39(38,7)45-36;/h8-20H,1-7H3;/q-2;+2/t38-,39+;/m1./s1. The molecular weight excluding hydrogens is 752 g/mol. The molecule has 7 heteroatoms. The maximum Gasteiger partial charge on any atom is 2.00 e. The zero-order chi connectivity index (χ0) is 31.3. The van der Waals surface area contributed by atoms with Gasteiger partial charge in [-0.05, 0) is 68.8 Å². The molecule has 8 rings (SSSR count). The van der Waals surface area contributed by atoms with Gasteiger partial charge in [-0.1, -0.05) is 62.4 Å². The van der Waals surface area contributed by atoms with Crippen LogP contribution in [0.15, 0.2) is 84.0 Å². The molecular formula is C39H34N4O2Pt. The van der Waals surface area contributed by atoms with Gasteiger partial charge in [-0.15, -0.1) is 35.9 Å². The quantitative estimate of drug-likeness (QED) is 0.168. The minimum atomic E-state index is -0.570. The molecule has 0 saturated carbocycles. The summed E-state index contributed by atoms with van der Waals surface area (Å²) in [6, 6.07) is 32.0. The first-order valence-corrected chi connectivity index (χ1v) is 15.4. The minimum absolute atomic E-state index is 0. The van der Waals surface area contributed by atoms with E-state index in [1.165, 1.54) is 16.7 Å². The number of rotatable bonds is 4. The van der Waals surface area contributed by atoms with E-state index >= 15 is 0 Å². The second kappa shape index (κ2) is 10.4. The number of nitrogens with zero attached hydrogens (tertiary/aromatic N) is 4. The van der Waals surface area contributed by atoms with E-state index in [0.717, 1.165) is 44.4 Å². The van der Waals surface area contributed by atoms with E-state index < -0.39 is 11.1 Å². The van der Waals surface area contributed by atoms with Crippen molar-refractivity contribution < 1.29 is 30.5 Å². The topological polar surface area (TPSA) is 61.5 Å². The molecule has 3 aromatic heterocycles. The molecule has 1 aliphatic carbocycles. The first-order chi connectivity index (χ1) is 21.5. The molecule has 0 unspecified atom stereocenters. The molecule has 3 aromatic carbocycles. The molecule has 0 amide bonds. The van der Waals surface area contributed by atoms with Crippen LogP contribution in [-0.4, -0.2) is 26.0 Å². The van der Waals surface area contributed by atoms with E-state index in [1.807, 2.05) is 31.3 Å². The third-order valence-corrected chi connectivity index (χ3v) is 10.1. The molecule has 0 spiro atoms. The van der Waals surface area contributed by atoms with Crippen molar-refractivity contribution in [1.82, 2.24) is 14.5 Å². The average Bonchev–Trinajstić information content (AvgIpc) is 3.52. The Bertz CT molecular complexity index is 2240. The van der Waals surface area contributed by atoms with Crippen LogP contribution < -0.4 is 4.74 Å². The van der Waals surface area contributed by atoms with Gasteiger partial charge in [-0.3, -0.25) is 4.99 Å². The summed E-state index contributed by atoms with van der Waals surface area (Å²) in [6.45, 7) is 14.9. The van der Waals surface area contributed by atoms with Crippen LogP contribution in [0, 0.1) is 32.9 Å². The Hall–Kier alpha value is -4.28. The summed E-state index contributed by atoms with van der Waals surface area (Å²) in [6.07, 6.45) is 1.83. The Balaban J connectivity index is 0.00000338. The molecule has 0 radical (unpaired) electrons. The van der Waals surface area contributed by atoms with Crippen molar-refractivity contribution in [1.29, 1.82) is 0 Å². The van der Waals surface area contributed by atoms with Crippen molar-refractivity contribution in [3.8, 4) is 17.3 Å². The maximum absolute atomic E-state index is 6.81. The van der Waals surface area contributed by atoms with Crippen LogP contribution in [0.2, 0.25) is 0 Å². The Morgan fingerprint density at radius 3 is 2.39 bits per heavy atom. The van der Waals surface area contributed by atoms with Crippen LogP contribution >= 0.6 is 0 Å². The molecule has 0 saturated heterocycles. The first-order valence-electron chi connectivity index (χ1n) is 15.4. The summed E-state index contributed by atoms with van der Waals surface area (Å²) in [5.74, 6) is 1.44. The molecule has 6 nitrogen and oxygen atoms in total. The van der Waals surface area contributed by atoms with Crippen molar-refractivity contribution in [3.05, 3.63) is 125 Å². The molecule has 0 bridgehead atoms. The largest absolute Gasteiger partial charge is 2.00 e. The van der Waals surface area contributed by atoms with Crippen LogP contribution in [0.3, 0.4) is 0 Å². The molecule has 1 aliphatic heterocycles. The number of hydrogen-bond acceptors (Lipinski definition) is 5. The third-order valence-electron chi connectivity index (χ3n) is 10.1. The summed E-state index contributed by atoms with van der Waals surface area (Å²) in [5, 5.41) is 2.26. The summed E-state index contributed by atoms with van der Waals surface area (Å²) in [5.41, 5.74) is 7.64. The summed E-state index contributed by atoms with van der Waals surface area (Å²) in [4.78, 5) is 14.7. The van der Waals surface area contributed by atoms with Crippen molar-refractivity contribution in [2.75, 3.05) is 0 Å². The molecule has 46 heavy (non-hydrogen) atoms. The van der Waals surface area contributed by atoms with E-state index in [9.17, 15) is 0 Å². The third kappa shape index (κ3) is 4.22. The number of fused-ring (bicyclic) bond motifs is 6. The Kier molecular flexibility index (Phi) is 6.85. The number of aryl methyl sites for hydroxylation is 3. The van der Waals surface area contributed by atoms with Gasteiger partial charge in [0.25, 0.3) is 0 Å². The molecule has 0 N–H and O–H groups in total. The zero-order valence-corrected chi connectivity index (χ0v) is 29.2. The molecule has 4 heterocycles. The fraction of sp³-hybridized carbons (Fsp3) is 0.256. The van der Waals surface area contributed by atoms with E-state index in [2.05, 4.69) is 118 Å². The van der Waals surface area contributed by atoms with Gasteiger partial charge in [-0.25, -0.2) is 9.97 Å². The molecule has 2 atom stereocenters. The monoisotopic (exact) mass is 785 g/mol. The van der Waals surface area contributed by atoms with Gasteiger partial charge in [0, 0.05) is 28.1 Å². The fourth-order valence-electron chi connectivity index (χ4n) is 7.39. The van der Waals surface area contributed by atoms with E-state index in [-0.39, 0.29) is 26.5 Å². The number of benzene rings is 3. The fourth-order valence-corrected chi connectivity index (χ4v) is 7.39. The minimum Gasteiger partial charge on any atom is -0.525 e. The molecule has 2 aliphatic rings. The van der Waals surface area contributed by atoms with Gasteiger partial charge in [0.15, 0.2) is 5.88 Å². The number of aliphatic imine (C=N–C) groups is 1. The van der Waals surface area contributed by atoms with E-state index in [4.69, 9.17) is 19.5 Å². The van der Waals surface area contributed by atoms with Gasteiger partial charge in [0.1, 0.15) is 22.7 Å². The number of aromatic nitrogens is 3. The zero-order valence-electron chi connectivity index (χ0n) is 26.9. The van der Waals surface area contributed by atoms with Crippen LogP contribution in [0.5, 0.6) is 11.6 Å². The number of hydrogen-bond donors (Lipinski definition) is 0. The van der Waals surface area contributed by atoms with Crippen LogP contribution in [-0.2, 0) is 36.8 Å². The Morgan fingerprint density at radius 2 is 1.59 bits per heavy atom. The van der Waals surface area contributed by atoms with Crippen molar-refractivity contribution in [2.24, 2.45) is 4.99 Å². The predicted octanol–water partition coefficient (Wildman–Crippen LogP) is 8.63. The summed E-state index contributed by atoms with van der Waals surface area (Å²) in [7, 11) is 0. The molecule has 232 valence electrons. The van der Waals surface area contributed by atoms with Gasteiger partial charge >= 0.3 is 21.1 Å². The van der Waals surface area contributed by atoms with Crippen molar-refractivity contribution in [2.45, 2.75) is 65.0 Å². The number of ether oxygens (including phenoxy) is 2. The van der Waals surface area contributed by atoms with Gasteiger partial charge in [-0.2, -0.15) is 5.56 Å². The average molecular weight is 786 g/mol. The summed E-state index contributed by atoms with van der Waals surface area (Å²) >= 11 is 0. The second-order valence-electron chi connectivity index (χ2n) is 13.3. The Labute approximate surface area is 283 Å². The molecule has 0 fully saturated rings. The SMILES string of the molecule is Cc1cc(Oc2[c-]c(C3=N[C@]4(C)c5ccccc5C(C)(C)[C@]4(C)O3)cc(C)n2)[c-]c(-n2c3ccc(C)cc3c3cccnc32)c1.[Pt+2]. The number of pyridine rings is 2. The summed E-state index contributed by atoms with van der Waals surface area (Å²) < 4.78 is 15.4. The smallest absolute Gasteiger partial charge is 0.525 e. The van der Waals surface area contributed by atoms with Gasteiger partial charge < -0.3 is 14.0 Å². The van der Waals surface area contributed by atoms with Crippen molar-refractivity contribution in [3.63, 3.8) is 0 Å². The predicted molar refractivity (Wildman–Crippen MR) is 178 cm³/mol. The van der Waals surface area contributed by atoms with E-state index in [0.29, 0.717) is 17.5 Å². The van der Waals surface area contributed by atoms with Crippen molar-refractivity contribution >= 4 is 27.8 Å². The van der Waals surface area contributed by atoms with Crippen LogP contribution in [0.1, 0.15) is 61.2 Å². The van der Waals surface area contributed by atoms with Crippen LogP contribution in [0.4, 0.5) is 0 Å². The van der Waals surface area contributed by atoms with Gasteiger partial charge in [0.2, 0.25) is 0 Å². The van der Waals surface area contributed by atoms with Gasteiger partial charge in [0.05, 0.1) is 5.52 Å². The second-order valence-corrected chi connectivity index (χ2v) is 13.3. The van der Waals surface area contributed by atoms with E-state index in [1.54, 1.807) is 0 Å². The normalized spacial score (nSPS) is 21.0. The molecule has 6 aromatic rings. The van der Waals surface area contributed by atoms with Crippen LogP contribution in [0.25, 0.3) is 27.6 Å². The maximum atomic E-state index is 6.81. The first kappa shape index (κ1) is 30.4. The Morgan fingerprint density at radius 1 is 0.804 bits per heavy atom.